The number of amides is 4. The van der Waals surface area contributed by atoms with Crippen LogP contribution in [0.4, 0.5) is 26.1 Å². The minimum absolute atomic E-state index is 0.0173. The molecule has 276 valence electrons. The molecule has 51 heavy (non-hydrogen) atoms. The number of hydrogen-bond donors (Lipinski definition) is 6. The highest BCUT2D eigenvalue weighted by Crippen LogP contribution is 2.20. The molecular weight excluding hydrogens is 713 g/mol. The molecule has 7 N–H and O–H groups in total. The Hall–Kier alpha value is -4.19. The van der Waals surface area contributed by atoms with E-state index in [1.807, 2.05) is 0 Å². The van der Waals surface area contributed by atoms with Crippen LogP contribution in [0.3, 0.4) is 0 Å². The summed E-state index contributed by atoms with van der Waals surface area (Å²) < 4.78 is 10.5. The van der Waals surface area contributed by atoms with Crippen molar-refractivity contribution in [3.05, 3.63) is 64.7 Å². The highest BCUT2D eigenvalue weighted by molar-refractivity contribution is 8.14. The Labute approximate surface area is 310 Å². The molecule has 1 unspecified atom stereocenters. The van der Waals surface area contributed by atoms with Crippen LogP contribution in [-0.2, 0) is 38.3 Å². The number of thioether (sulfide) groups is 2. The number of amidine groups is 1. The average molecular weight is 759 g/mol. The molecule has 3 aromatic rings. The van der Waals surface area contributed by atoms with Gasteiger partial charge in [-0.2, -0.15) is 11.8 Å². The number of hydrogen-bond acceptors (Lipinski definition) is 13. The van der Waals surface area contributed by atoms with E-state index in [1.165, 1.54) is 11.3 Å². The number of nitrogens with one attached hydrogen (secondary N) is 5. The van der Waals surface area contributed by atoms with Gasteiger partial charge in [-0.1, -0.05) is 47.4 Å². The molecule has 0 saturated carbocycles. The number of ether oxygens (including phenoxy) is 2. The summed E-state index contributed by atoms with van der Waals surface area (Å²) in [5, 5.41) is 27.9. The van der Waals surface area contributed by atoms with E-state index in [0.717, 1.165) is 39.4 Å². The standard InChI is InChI=1S/C34H46N8O6S3/c1-33(2,3)47-31(45)37-23-11-7-21(8-12-23)19-26(43)39-29(36)50-25(35)15-17-49-18-16-28-41-42-30(51-28)40-27(44)20-22-9-13-24(14-10-22)38-32(46)48-34(4,5)6/h7-14,25H,15-20,35H2,1-6H3,(H,37,45)(H,38,46)(H2,36,39,43)(H,40,42,44). The summed E-state index contributed by atoms with van der Waals surface area (Å²) in [4.78, 5) is 48.8. The van der Waals surface area contributed by atoms with Crippen LogP contribution >= 0.6 is 34.9 Å². The maximum atomic E-state index is 12.5. The maximum Gasteiger partial charge on any atom is 0.412 e. The third kappa shape index (κ3) is 17.5. The third-order valence-electron chi connectivity index (χ3n) is 6.17. The van der Waals surface area contributed by atoms with E-state index in [2.05, 4.69) is 31.5 Å². The molecule has 0 fully saturated rings. The SMILES string of the molecule is CC(C)(C)OC(=O)Nc1ccc(CC(=O)NC(=N)SC(N)CCSCCc2nnc(NC(=O)Cc3ccc(NC(=O)OC(C)(C)C)cc3)s2)cc1. The summed E-state index contributed by atoms with van der Waals surface area (Å²) in [6.07, 6.45) is 0.417. The second kappa shape index (κ2) is 19.4. The molecule has 0 aliphatic carbocycles. The van der Waals surface area contributed by atoms with Crippen LogP contribution in [0.2, 0.25) is 0 Å². The van der Waals surface area contributed by atoms with Crippen molar-refractivity contribution >= 4 is 80.5 Å². The number of anilines is 3. The second-order valence-electron chi connectivity index (χ2n) is 13.2. The van der Waals surface area contributed by atoms with Crippen molar-refractivity contribution in [3.63, 3.8) is 0 Å². The zero-order valence-corrected chi connectivity index (χ0v) is 32.0. The number of nitrogens with two attached hydrogens (primary N) is 1. The molecule has 0 aliphatic heterocycles. The van der Waals surface area contributed by atoms with Gasteiger partial charge in [-0.25, -0.2) is 9.59 Å². The zero-order chi connectivity index (χ0) is 37.6. The summed E-state index contributed by atoms with van der Waals surface area (Å²) in [6.45, 7) is 10.7. The Balaban J connectivity index is 1.27. The van der Waals surface area contributed by atoms with E-state index >= 15 is 0 Å². The van der Waals surface area contributed by atoms with Crippen molar-refractivity contribution in [3.8, 4) is 0 Å². The zero-order valence-electron chi connectivity index (χ0n) is 29.6. The predicted molar refractivity (Wildman–Crippen MR) is 206 cm³/mol. The van der Waals surface area contributed by atoms with Crippen LogP contribution in [0.1, 0.15) is 64.1 Å². The maximum absolute atomic E-state index is 12.5. The van der Waals surface area contributed by atoms with E-state index in [-0.39, 0.29) is 35.2 Å². The molecule has 14 nitrogen and oxygen atoms in total. The van der Waals surface area contributed by atoms with Gasteiger partial charge in [-0.15, -0.1) is 10.2 Å². The van der Waals surface area contributed by atoms with Gasteiger partial charge in [0.05, 0.1) is 18.2 Å². The number of rotatable bonds is 14. The van der Waals surface area contributed by atoms with Crippen LogP contribution in [0, 0.1) is 5.41 Å². The monoisotopic (exact) mass is 758 g/mol. The van der Waals surface area contributed by atoms with Crippen molar-refractivity contribution in [2.75, 3.05) is 27.5 Å². The van der Waals surface area contributed by atoms with Crippen LogP contribution in [-0.4, -0.2) is 67.4 Å². The minimum atomic E-state index is -0.606. The quantitative estimate of drug-likeness (QED) is 0.0459. The molecular formula is C34H46N8O6S3. The fraction of sp³-hybridized carbons (Fsp3) is 0.441. The van der Waals surface area contributed by atoms with Crippen molar-refractivity contribution in [2.45, 2.75) is 83.8 Å². The Morgan fingerprint density at radius 2 is 1.29 bits per heavy atom. The fourth-order valence-corrected chi connectivity index (χ4v) is 6.77. The van der Waals surface area contributed by atoms with E-state index in [9.17, 15) is 19.2 Å². The first-order valence-corrected chi connectivity index (χ1v) is 19.0. The molecule has 0 bridgehead atoms. The molecule has 0 saturated heterocycles. The number of benzene rings is 2. The van der Waals surface area contributed by atoms with Gasteiger partial charge in [0.15, 0.2) is 5.17 Å². The van der Waals surface area contributed by atoms with Crippen LogP contribution in [0.15, 0.2) is 48.5 Å². The Morgan fingerprint density at radius 3 is 1.80 bits per heavy atom. The number of aromatic nitrogens is 2. The van der Waals surface area contributed by atoms with E-state index in [4.69, 9.17) is 20.6 Å². The summed E-state index contributed by atoms with van der Waals surface area (Å²) >= 11 is 4.10. The Morgan fingerprint density at radius 1 is 0.784 bits per heavy atom. The van der Waals surface area contributed by atoms with Crippen LogP contribution < -0.4 is 27.0 Å². The summed E-state index contributed by atoms with van der Waals surface area (Å²) in [7, 11) is 0. The van der Waals surface area contributed by atoms with Crippen molar-refractivity contribution in [2.24, 2.45) is 5.73 Å². The van der Waals surface area contributed by atoms with Gasteiger partial charge >= 0.3 is 12.2 Å². The summed E-state index contributed by atoms with van der Waals surface area (Å²) in [5.74, 6) is 0.978. The van der Waals surface area contributed by atoms with Gasteiger partial charge in [-0.05, 0) is 94.9 Å². The molecule has 1 heterocycles. The van der Waals surface area contributed by atoms with E-state index in [0.29, 0.717) is 29.3 Å². The molecule has 4 amide bonds. The molecule has 1 atom stereocenters. The van der Waals surface area contributed by atoms with E-state index < -0.39 is 23.4 Å². The van der Waals surface area contributed by atoms with E-state index in [1.54, 1.807) is 102 Å². The first-order valence-electron chi connectivity index (χ1n) is 16.1. The van der Waals surface area contributed by atoms with Gasteiger partial charge < -0.3 is 25.8 Å². The lowest BCUT2D eigenvalue weighted by Crippen LogP contribution is -2.32. The van der Waals surface area contributed by atoms with Crippen LogP contribution in [0.5, 0.6) is 0 Å². The molecule has 17 heteroatoms. The predicted octanol–water partition coefficient (Wildman–Crippen LogP) is 6.39. The average Bonchev–Trinajstić information content (AvgIpc) is 3.43. The minimum Gasteiger partial charge on any atom is -0.444 e. The molecule has 3 rings (SSSR count). The lowest BCUT2D eigenvalue weighted by Gasteiger charge is -2.19. The van der Waals surface area contributed by atoms with Gasteiger partial charge in [0.2, 0.25) is 16.9 Å². The van der Waals surface area contributed by atoms with Crippen LogP contribution in [0.25, 0.3) is 0 Å². The van der Waals surface area contributed by atoms with Gasteiger partial charge in [0.25, 0.3) is 0 Å². The second-order valence-corrected chi connectivity index (χ2v) is 16.8. The number of nitrogens with zero attached hydrogens (tertiary/aromatic N) is 2. The van der Waals surface area contributed by atoms with Crippen molar-refractivity contribution in [1.29, 1.82) is 5.41 Å². The third-order valence-corrected chi connectivity index (χ3v) is 8.96. The first kappa shape index (κ1) is 41.2. The topological polar surface area (TPSA) is 211 Å². The highest BCUT2D eigenvalue weighted by atomic mass is 32.2. The Bertz CT molecular complexity index is 1640. The summed E-state index contributed by atoms with van der Waals surface area (Å²) in [5.41, 5.74) is 7.58. The van der Waals surface area contributed by atoms with Crippen molar-refractivity contribution in [1.82, 2.24) is 15.5 Å². The Kier molecular flexibility index (Phi) is 15.7. The highest BCUT2D eigenvalue weighted by Gasteiger charge is 2.18. The molecule has 0 radical (unpaired) electrons. The van der Waals surface area contributed by atoms with Gasteiger partial charge in [0, 0.05) is 17.8 Å². The fourth-order valence-electron chi connectivity index (χ4n) is 4.07. The molecule has 2 aromatic carbocycles. The number of carbonyl (C=O) groups excluding carboxylic acids is 4. The first-order chi connectivity index (χ1) is 23.9. The molecule has 0 spiro atoms. The lowest BCUT2D eigenvalue weighted by molar-refractivity contribution is -0.119. The van der Waals surface area contributed by atoms with Crippen molar-refractivity contribution < 1.29 is 28.7 Å². The number of carbonyl (C=O) groups is 4. The van der Waals surface area contributed by atoms with Gasteiger partial charge in [0.1, 0.15) is 16.2 Å². The normalized spacial score (nSPS) is 12.0. The smallest absolute Gasteiger partial charge is 0.412 e. The summed E-state index contributed by atoms with van der Waals surface area (Å²) in [6, 6.07) is 13.7. The molecule has 0 aliphatic rings. The van der Waals surface area contributed by atoms with Gasteiger partial charge in [-0.3, -0.25) is 25.6 Å². The largest absolute Gasteiger partial charge is 0.444 e. The number of aryl methyl sites for hydroxylation is 1. The molecule has 1 aromatic heterocycles. The lowest BCUT2D eigenvalue weighted by atomic mass is 10.1.